The molecule has 3 N–H and O–H groups in total. The Hall–Kier alpha value is -1.36. The summed E-state index contributed by atoms with van der Waals surface area (Å²) in [5.41, 5.74) is 6.72. The monoisotopic (exact) mass is 237 g/mol. The Bertz CT molecular complexity index is 389. The molecule has 2 rings (SSSR count). The van der Waals surface area contributed by atoms with Crippen LogP contribution in [-0.4, -0.2) is 16.9 Å². The lowest BCUT2D eigenvalue weighted by molar-refractivity contribution is -0.122. The predicted molar refractivity (Wildman–Crippen MR) is 63.0 cm³/mol. The van der Waals surface area contributed by atoms with E-state index >= 15 is 0 Å². The van der Waals surface area contributed by atoms with E-state index in [-0.39, 0.29) is 11.9 Å². The van der Waals surface area contributed by atoms with Crippen molar-refractivity contribution < 1.29 is 9.21 Å². The van der Waals surface area contributed by atoms with Gasteiger partial charge in [0.15, 0.2) is 6.39 Å². The number of oxazole rings is 1. The van der Waals surface area contributed by atoms with E-state index in [1.165, 1.54) is 6.39 Å². The molecule has 1 aliphatic carbocycles. The van der Waals surface area contributed by atoms with Gasteiger partial charge in [-0.3, -0.25) is 4.79 Å². The second kappa shape index (κ2) is 5.31. The van der Waals surface area contributed by atoms with Crippen molar-refractivity contribution in [3.63, 3.8) is 0 Å². The third-order valence-corrected chi connectivity index (χ3v) is 3.46. The number of nitrogens with one attached hydrogen (secondary N) is 1. The summed E-state index contributed by atoms with van der Waals surface area (Å²) in [7, 11) is 0. The van der Waals surface area contributed by atoms with Gasteiger partial charge in [-0.05, 0) is 25.7 Å². The Morgan fingerprint density at radius 1 is 1.65 bits per heavy atom. The topological polar surface area (TPSA) is 81.2 Å². The lowest BCUT2D eigenvalue weighted by Crippen LogP contribution is -2.31. The minimum absolute atomic E-state index is 0.0507. The molecule has 0 spiro atoms. The average molecular weight is 237 g/mol. The molecule has 1 heterocycles. The molecule has 0 aliphatic heterocycles. The summed E-state index contributed by atoms with van der Waals surface area (Å²) in [5.74, 6) is 1.14. The molecule has 1 saturated carbocycles. The fraction of sp³-hybridized carbons (Fsp3) is 0.667. The highest BCUT2D eigenvalue weighted by Gasteiger charge is 2.25. The van der Waals surface area contributed by atoms with Crippen LogP contribution in [0.2, 0.25) is 0 Å². The zero-order chi connectivity index (χ0) is 12.3. The summed E-state index contributed by atoms with van der Waals surface area (Å²) < 4.78 is 5.06. The predicted octanol–water partition coefficient (Wildman–Crippen LogP) is 1.12. The highest BCUT2D eigenvalue weighted by Crippen LogP contribution is 2.26. The fourth-order valence-electron chi connectivity index (χ4n) is 2.31. The smallest absolute Gasteiger partial charge is 0.220 e. The molecule has 94 valence electrons. The number of carbonyl (C=O) groups is 1. The molecule has 0 unspecified atom stereocenters. The summed E-state index contributed by atoms with van der Waals surface area (Å²) >= 11 is 0. The van der Waals surface area contributed by atoms with E-state index in [1.807, 2.05) is 6.92 Å². The molecule has 0 saturated heterocycles. The van der Waals surface area contributed by atoms with E-state index in [0.717, 1.165) is 30.7 Å². The van der Waals surface area contributed by atoms with Crippen LogP contribution >= 0.6 is 0 Å². The maximum Gasteiger partial charge on any atom is 0.220 e. The molecule has 17 heavy (non-hydrogen) atoms. The van der Waals surface area contributed by atoms with Gasteiger partial charge in [0.1, 0.15) is 11.5 Å². The van der Waals surface area contributed by atoms with Gasteiger partial charge in [-0.1, -0.05) is 6.42 Å². The zero-order valence-corrected chi connectivity index (χ0v) is 10.1. The molecule has 0 bridgehead atoms. The maximum atomic E-state index is 11.7. The largest absolute Gasteiger partial charge is 0.448 e. The number of carbonyl (C=O) groups excluding carboxylic acids is 1. The first-order chi connectivity index (χ1) is 8.16. The lowest BCUT2D eigenvalue weighted by atomic mass is 10.00. The number of hydrogen-bond donors (Lipinski definition) is 2. The maximum absolute atomic E-state index is 11.7. The molecular weight excluding hydrogens is 218 g/mol. The molecule has 0 radical (unpaired) electrons. The normalized spacial score (nSPS) is 23.9. The minimum Gasteiger partial charge on any atom is -0.448 e. The molecule has 1 aliphatic rings. The number of amides is 1. The number of rotatable bonds is 4. The first-order valence-corrected chi connectivity index (χ1v) is 6.08. The van der Waals surface area contributed by atoms with Crippen LogP contribution in [-0.2, 0) is 11.3 Å². The molecule has 1 aromatic heterocycles. The van der Waals surface area contributed by atoms with Crippen LogP contribution in [0.1, 0.15) is 37.1 Å². The number of aromatic nitrogens is 1. The van der Waals surface area contributed by atoms with Crippen LogP contribution in [0.15, 0.2) is 10.8 Å². The Kier molecular flexibility index (Phi) is 3.78. The third kappa shape index (κ3) is 3.06. The Morgan fingerprint density at radius 2 is 2.47 bits per heavy atom. The van der Waals surface area contributed by atoms with E-state index in [1.54, 1.807) is 0 Å². The summed E-state index contributed by atoms with van der Waals surface area (Å²) in [6.45, 7) is 2.27. The van der Waals surface area contributed by atoms with Crippen molar-refractivity contribution in [1.82, 2.24) is 10.3 Å². The van der Waals surface area contributed by atoms with E-state index in [4.69, 9.17) is 10.2 Å². The molecule has 1 fully saturated rings. The van der Waals surface area contributed by atoms with Crippen molar-refractivity contribution in [2.45, 2.75) is 45.2 Å². The highest BCUT2D eigenvalue weighted by molar-refractivity contribution is 5.76. The first kappa shape index (κ1) is 12.1. The molecule has 1 amide bonds. The van der Waals surface area contributed by atoms with Crippen LogP contribution < -0.4 is 11.1 Å². The van der Waals surface area contributed by atoms with Crippen molar-refractivity contribution in [3.8, 4) is 0 Å². The SMILES string of the molecule is Cc1ocnc1CNC(=O)C[C@@H]1CCC[C@H]1N. The van der Waals surface area contributed by atoms with Crippen molar-refractivity contribution in [2.24, 2.45) is 11.7 Å². The number of nitrogens with two attached hydrogens (primary N) is 1. The van der Waals surface area contributed by atoms with Crippen molar-refractivity contribution in [2.75, 3.05) is 0 Å². The van der Waals surface area contributed by atoms with Gasteiger partial charge in [0, 0.05) is 12.5 Å². The second-order valence-corrected chi connectivity index (χ2v) is 4.69. The van der Waals surface area contributed by atoms with Gasteiger partial charge in [-0.2, -0.15) is 0 Å². The van der Waals surface area contributed by atoms with Crippen LogP contribution in [0, 0.1) is 12.8 Å². The van der Waals surface area contributed by atoms with Crippen LogP contribution in [0.3, 0.4) is 0 Å². The molecule has 5 heteroatoms. The molecule has 1 aromatic rings. The van der Waals surface area contributed by atoms with Gasteiger partial charge in [0.25, 0.3) is 0 Å². The number of hydrogen-bond acceptors (Lipinski definition) is 4. The summed E-state index contributed by atoms with van der Waals surface area (Å²) in [6.07, 6.45) is 5.17. The number of nitrogens with zero attached hydrogens (tertiary/aromatic N) is 1. The zero-order valence-electron chi connectivity index (χ0n) is 10.1. The quantitative estimate of drug-likeness (QED) is 0.822. The van der Waals surface area contributed by atoms with Crippen molar-refractivity contribution in [3.05, 3.63) is 17.8 Å². The van der Waals surface area contributed by atoms with E-state index in [0.29, 0.717) is 18.9 Å². The van der Waals surface area contributed by atoms with Gasteiger partial charge in [0.05, 0.1) is 6.54 Å². The Labute approximate surface area is 101 Å². The van der Waals surface area contributed by atoms with Crippen LogP contribution in [0.25, 0.3) is 0 Å². The van der Waals surface area contributed by atoms with Gasteiger partial charge >= 0.3 is 0 Å². The fourth-order valence-corrected chi connectivity index (χ4v) is 2.31. The standard InChI is InChI=1S/C12H19N3O2/c1-8-11(15-7-17-8)6-14-12(16)5-9-3-2-4-10(9)13/h7,9-10H,2-6,13H2,1H3,(H,14,16)/t9-,10+/m0/s1. The molecule has 2 atom stereocenters. The van der Waals surface area contributed by atoms with Crippen LogP contribution in [0.4, 0.5) is 0 Å². The molecular formula is C12H19N3O2. The van der Waals surface area contributed by atoms with Gasteiger partial charge < -0.3 is 15.5 Å². The van der Waals surface area contributed by atoms with Gasteiger partial charge in [-0.15, -0.1) is 0 Å². The van der Waals surface area contributed by atoms with Gasteiger partial charge in [0.2, 0.25) is 5.91 Å². The lowest BCUT2D eigenvalue weighted by Gasteiger charge is -2.14. The Balaban J connectivity index is 1.76. The molecule has 5 nitrogen and oxygen atoms in total. The van der Waals surface area contributed by atoms with Crippen LogP contribution in [0.5, 0.6) is 0 Å². The highest BCUT2D eigenvalue weighted by atomic mass is 16.3. The van der Waals surface area contributed by atoms with Gasteiger partial charge in [-0.25, -0.2) is 4.98 Å². The van der Waals surface area contributed by atoms with Crippen molar-refractivity contribution >= 4 is 5.91 Å². The van der Waals surface area contributed by atoms with E-state index < -0.39 is 0 Å². The second-order valence-electron chi connectivity index (χ2n) is 4.69. The summed E-state index contributed by atoms with van der Waals surface area (Å²) in [4.78, 5) is 15.8. The van der Waals surface area contributed by atoms with Crippen molar-refractivity contribution in [1.29, 1.82) is 0 Å². The van der Waals surface area contributed by atoms with E-state index in [9.17, 15) is 4.79 Å². The summed E-state index contributed by atoms with van der Waals surface area (Å²) in [5, 5.41) is 2.86. The minimum atomic E-state index is 0.0507. The Morgan fingerprint density at radius 3 is 3.06 bits per heavy atom. The average Bonchev–Trinajstić information content (AvgIpc) is 2.86. The first-order valence-electron chi connectivity index (χ1n) is 6.08. The molecule has 0 aromatic carbocycles. The third-order valence-electron chi connectivity index (χ3n) is 3.46. The summed E-state index contributed by atoms with van der Waals surface area (Å²) in [6, 6.07) is 0.189. The number of aryl methyl sites for hydroxylation is 1. The van der Waals surface area contributed by atoms with E-state index in [2.05, 4.69) is 10.3 Å².